The summed E-state index contributed by atoms with van der Waals surface area (Å²) in [7, 11) is 3.24. The smallest absolute Gasteiger partial charge is 0.267 e. The van der Waals surface area contributed by atoms with Crippen LogP contribution in [0.5, 0.6) is 0 Å². The van der Waals surface area contributed by atoms with Gasteiger partial charge in [0.1, 0.15) is 10.7 Å². The molecule has 8 heteroatoms. The predicted octanol–water partition coefficient (Wildman–Crippen LogP) is 0.534. The van der Waals surface area contributed by atoms with Crippen LogP contribution in [0.25, 0.3) is 0 Å². The Morgan fingerprint density at radius 1 is 1.43 bits per heavy atom. The second kappa shape index (κ2) is 6.75. The summed E-state index contributed by atoms with van der Waals surface area (Å²) in [5.41, 5.74) is 5.88. The van der Waals surface area contributed by atoms with Crippen molar-refractivity contribution in [2.24, 2.45) is 0 Å². The summed E-state index contributed by atoms with van der Waals surface area (Å²) in [6.07, 6.45) is 2.57. The first-order chi connectivity index (χ1) is 10.0. The van der Waals surface area contributed by atoms with E-state index in [4.69, 9.17) is 5.73 Å². The maximum absolute atomic E-state index is 12.4. The van der Waals surface area contributed by atoms with Crippen LogP contribution >= 0.6 is 11.3 Å². The van der Waals surface area contributed by atoms with Gasteiger partial charge in [0.05, 0.1) is 0 Å². The summed E-state index contributed by atoms with van der Waals surface area (Å²) in [4.78, 5) is 32.0. The second-order valence-electron chi connectivity index (χ2n) is 5.05. The van der Waals surface area contributed by atoms with Crippen molar-refractivity contribution in [2.75, 3.05) is 44.4 Å². The molecule has 0 radical (unpaired) electrons. The summed E-state index contributed by atoms with van der Waals surface area (Å²) < 4.78 is 0. The van der Waals surface area contributed by atoms with Crippen molar-refractivity contribution in [2.45, 2.75) is 19.3 Å². The molecule has 0 aliphatic carbocycles. The zero-order chi connectivity index (χ0) is 15.4. The number of carbonyl (C=O) groups is 2. The van der Waals surface area contributed by atoms with E-state index in [0.29, 0.717) is 11.4 Å². The number of nitrogens with zero attached hydrogens (tertiary/aromatic N) is 3. The number of nitrogens with two attached hydrogens (primary N) is 1. The minimum Gasteiger partial charge on any atom is -0.382 e. The summed E-state index contributed by atoms with van der Waals surface area (Å²) in [5.74, 6) is 0.00252. The van der Waals surface area contributed by atoms with E-state index in [9.17, 15) is 9.59 Å². The fraction of sp³-hybridized carbons (Fsp3) is 0.615. The Morgan fingerprint density at radius 2 is 2.10 bits per heavy atom. The largest absolute Gasteiger partial charge is 0.382 e. The van der Waals surface area contributed by atoms with Crippen LogP contribution in [0.1, 0.15) is 28.9 Å². The molecule has 0 unspecified atom stereocenters. The topological polar surface area (TPSA) is 91.6 Å². The van der Waals surface area contributed by atoms with Crippen LogP contribution < -0.4 is 16.0 Å². The Bertz CT molecular complexity index is 525. The van der Waals surface area contributed by atoms with Gasteiger partial charge in [0.25, 0.3) is 5.91 Å². The monoisotopic (exact) mass is 311 g/mol. The molecule has 1 saturated heterocycles. The summed E-state index contributed by atoms with van der Waals surface area (Å²) in [5, 5.41) is 3.35. The molecule has 2 rings (SSSR count). The SMILES string of the molecule is CNC(=O)CCN(C)C(=O)c1sc(N2CCCC2)nc1N. The molecule has 0 atom stereocenters. The van der Waals surface area contributed by atoms with Gasteiger partial charge in [0, 0.05) is 40.2 Å². The number of hydrogen-bond acceptors (Lipinski definition) is 6. The zero-order valence-electron chi connectivity index (χ0n) is 12.4. The van der Waals surface area contributed by atoms with Gasteiger partial charge in [-0.25, -0.2) is 4.98 Å². The van der Waals surface area contributed by atoms with Crippen molar-refractivity contribution in [3.63, 3.8) is 0 Å². The molecule has 0 spiro atoms. The summed E-state index contributed by atoms with van der Waals surface area (Å²) in [6.45, 7) is 2.29. The van der Waals surface area contributed by atoms with Crippen molar-refractivity contribution < 1.29 is 9.59 Å². The van der Waals surface area contributed by atoms with Crippen LogP contribution in [-0.2, 0) is 4.79 Å². The van der Waals surface area contributed by atoms with Crippen LogP contribution in [0.15, 0.2) is 0 Å². The van der Waals surface area contributed by atoms with E-state index in [1.54, 1.807) is 14.1 Å². The third kappa shape index (κ3) is 3.63. The van der Waals surface area contributed by atoms with Gasteiger partial charge in [-0.3, -0.25) is 9.59 Å². The van der Waals surface area contributed by atoms with Crippen LogP contribution in [-0.4, -0.2) is 55.4 Å². The van der Waals surface area contributed by atoms with E-state index in [0.717, 1.165) is 31.1 Å². The average molecular weight is 311 g/mol. The quantitative estimate of drug-likeness (QED) is 0.828. The number of amides is 2. The Balaban J connectivity index is 2.02. The standard InChI is InChI=1S/C13H21N5O2S/c1-15-9(19)5-8-17(2)12(20)10-11(14)16-13(21-10)18-6-3-4-7-18/h3-8,14H2,1-2H3,(H,15,19). The molecule has 1 aliphatic heterocycles. The van der Waals surface area contributed by atoms with Gasteiger partial charge in [0.15, 0.2) is 5.13 Å². The molecule has 3 N–H and O–H groups in total. The fourth-order valence-electron chi connectivity index (χ4n) is 2.19. The van der Waals surface area contributed by atoms with Crippen LogP contribution in [0.4, 0.5) is 10.9 Å². The number of hydrogen-bond donors (Lipinski definition) is 2. The maximum atomic E-state index is 12.4. The molecule has 1 aromatic rings. The van der Waals surface area contributed by atoms with E-state index in [1.165, 1.54) is 16.2 Å². The highest BCUT2D eigenvalue weighted by Gasteiger charge is 2.23. The molecule has 0 bridgehead atoms. The normalized spacial score (nSPS) is 14.3. The number of aromatic nitrogens is 1. The van der Waals surface area contributed by atoms with Crippen molar-refractivity contribution in [3.05, 3.63) is 4.88 Å². The average Bonchev–Trinajstić information content (AvgIpc) is 3.12. The Kier molecular flexibility index (Phi) is 5.00. The molecule has 0 saturated carbocycles. The first kappa shape index (κ1) is 15.6. The van der Waals surface area contributed by atoms with E-state index in [1.807, 2.05) is 0 Å². The van der Waals surface area contributed by atoms with Gasteiger partial charge in [0.2, 0.25) is 5.91 Å². The van der Waals surface area contributed by atoms with Crippen molar-refractivity contribution >= 4 is 34.1 Å². The fourth-order valence-corrected chi connectivity index (χ4v) is 3.22. The molecule has 2 amide bonds. The van der Waals surface area contributed by atoms with Crippen molar-refractivity contribution in [1.82, 2.24) is 15.2 Å². The van der Waals surface area contributed by atoms with Crippen molar-refractivity contribution in [3.8, 4) is 0 Å². The lowest BCUT2D eigenvalue weighted by atomic mass is 10.3. The molecule has 1 fully saturated rings. The highest BCUT2D eigenvalue weighted by molar-refractivity contribution is 7.18. The van der Waals surface area contributed by atoms with Gasteiger partial charge < -0.3 is 20.9 Å². The van der Waals surface area contributed by atoms with Crippen LogP contribution in [0, 0.1) is 0 Å². The third-order valence-corrected chi connectivity index (χ3v) is 4.63. The van der Waals surface area contributed by atoms with Crippen LogP contribution in [0.2, 0.25) is 0 Å². The highest BCUT2D eigenvalue weighted by Crippen LogP contribution is 2.31. The minimum atomic E-state index is -0.181. The zero-order valence-corrected chi connectivity index (χ0v) is 13.2. The molecule has 116 valence electrons. The predicted molar refractivity (Wildman–Crippen MR) is 83.6 cm³/mol. The van der Waals surface area contributed by atoms with E-state index >= 15 is 0 Å². The first-order valence-corrected chi connectivity index (χ1v) is 7.82. The molecule has 7 nitrogen and oxygen atoms in total. The molecule has 0 aromatic carbocycles. The molecular weight excluding hydrogens is 290 g/mol. The minimum absolute atomic E-state index is 0.0929. The van der Waals surface area contributed by atoms with Gasteiger partial charge in [-0.05, 0) is 12.8 Å². The number of rotatable bonds is 5. The first-order valence-electron chi connectivity index (χ1n) is 7.00. The maximum Gasteiger partial charge on any atom is 0.267 e. The van der Waals surface area contributed by atoms with Crippen molar-refractivity contribution in [1.29, 1.82) is 0 Å². The van der Waals surface area contributed by atoms with Gasteiger partial charge in [-0.15, -0.1) is 0 Å². The van der Waals surface area contributed by atoms with E-state index < -0.39 is 0 Å². The van der Waals surface area contributed by atoms with Gasteiger partial charge in [-0.1, -0.05) is 11.3 Å². The Labute approximate surface area is 128 Å². The summed E-state index contributed by atoms with van der Waals surface area (Å²) in [6, 6.07) is 0. The molecule has 1 aromatic heterocycles. The summed E-state index contributed by atoms with van der Waals surface area (Å²) >= 11 is 1.33. The third-order valence-electron chi connectivity index (χ3n) is 3.51. The lowest BCUT2D eigenvalue weighted by Gasteiger charge is -2.15. The number of anilines is 2. The number of thiazole rings is 1. The lowest BCUT2D eigenvalue weighted by molar-refractivity contribution is -0.120. The molecule has 2 heterocycles. The van der Waals surface area contributed by atoms with Gasteiger partial charge in [-0.2, -0.15) is 0 Å². The van der Waals surface area contributed by atoms with Gasteiger partial charge >= 0.3 is 0 Å². The molecule has 1 aliphatic rings. The van der Waals surface area contributed by atoms with E-state index in [-0.39, 0.29) is 24.1 Å². The molecular formula is C13H21N5O2S. The lowest BCUT2D eigenvalue weighted by Crippen LogP contribution is -2.31. The van der Waals surface area contributed by atoms with E-state index in [2.05, 4.69) is 15.2 Å². The number of nitrogen functional groups attached to an aromatic ring is 1. The Morgan fingerprint density at radius 3 is 2.71 bits per heavy atom. The Hall–Kier alpha value is -1.83. The highest BCUT2D eigenvalue weighted by atomic mass is 32.1. The number of carbonyl (C=O) groups excluding carboxylic acids is 2. The van der Waals surface area contributed by atoms with Crippen LogP contribution in [0.3, 0.4) is 0 Å². The molecule has 21 heavy (non-hydrogen) atoms. The number of nitrogens with one attached hydrogen (secondary N) is 1. The second-order valence-corrected chi connectivity index (χ2v) is 6.03.